The fourth-order valence-electron chi connectivity index (χ4n) is 4.11. The van der Waals surface area contributed by atoms with Crippen LogP contribution >= 0.6 is 0 Å². The first-order valence-corrected chi connectivity index (χ1v) is 9.70. The van der Waals surface area contributed by atoms with E-state index in [1.165, 1.54) is 51.1 Å². The van der Waals surface area contributed by atoms with Crippen molar-refractivity contribution in [2.24, 2.45) is 13.0 Å². The molecule has 3 aliphatic rings. The number of piperazine rings is 1. The molecule has 0 unspecified atom stereocenters. The van der Waals surface area contributed by atoms with Crippen LogP contribution in [0.4, 0.5) is 0 Å². The number of piperidine rings is 1. The number of likely N-dealkylation sites (tertiary alicyclic amines) is 1. The van der Waals surface area contributed by atoms with Gasteiger partial charge in [-0.2, -0.15) is 0 Å². The first kappa shape index (κ1) is 16.5. The summed E-state index contributed by atoms with van der Waals surface area (Å²) in [5, 5.41) is 9.10. The molecular weight excluding hydrogens is 300 g/mol. The SMILES string of the molecule is CN1CCN(Cc2nnc(C3CCN(CC4CC4)CC3)n2C)CC1. The van der Waals surface area contributed by atoms with Crippen molar-refractivity contribution in [2.45, 2.75) is 38.1 Å². The second kappa shape index (κ2) is 7.10. The van der Waals surface area contributed by atoms with Crippen LogP contribution in [-0.2, 0) is 13.6 Å². The fraction of sp³-hybridized carbons (Fsp3) is 0.889. The van der Waals surface area contributed by atoms with Crippen molar-refractivity contribution >= 4 is 0 Å². The van der Waals surface area contributed by atoms with Crippen LogP contribution in [0.5, 0.6) is 0 Å². The van der Waals surface area contributed by atoms with Crippen molar-refractivity contribution < 1.29 is 0 Å². The molecular formula is C18H32N6. The summed E-state index contributed by atoms with van der Waals surface area (Å²) in [4.78, 5) is 7.57. The number of hydrogen-bond donors (Lipinski definition) is 0. The normalized spacial score (nSPS) is 25.4. The van der Waals surface area contributed by atoms with Gasteiger partial charge in [0.25, 0.3) is 0 Å². The second-order valence-corrected chi connectivity index (χ2v) is 8.13. The molecule has 3 heterocycles. The van der Waals surface area contributed by atoms with Crippen LogP contribution in [-0.4, -0.2) is 82.3 Å². The topological polar surface area (TPSA) is 40.4 Å². The number of likely N-dealkylation sites (N-methyl/N-ethyl adjacent to an activating group) is 1. The molecule has 6 heteroatoms. The highest BCUT2D eigenvalue weighted by molar-refractivity contribution is 5.03. The Morgan fingerprint density at radius 2 is 1.54 bits per heavy atom. The summed E-state index contributed by atoms with van der Waals surface area (Å²) >= 11 is 0. The Balaban J connectivity index is 1.32. The van der Waals surface area contributed by atoms with Crippen LogP contribution in [0.3, 0.4) is 0 Å². The lowest BCUT2D eigenvalue weighted by molar-refractivity contribution is 0.144. The summed E-state index contributed by atoms with van der Waals surface area (Å²) in [7, 11) is 4.37. The molecule has 24 heavy (non-hydrogen) atoms. The zero-order valence-corrected chi connectivity index (χ0v) is 15.3. The summed E-state index contributed by atoms with van der Waals surface area (Å²) in [6.45, 7) is 9.34. The maximum Gasteiger partial charge on any atom is 0.146 e. The van der Waals surface area contributed by atoms with Gasteiger partial charge in [0, 0.05) is 45.7 Å². The van der Waals surface area contributed by atoms with Crippen molar-refractivity contribution in [3.8, 4) is 0 Å². The lowest BCUT2D eigenvalue weighted by Gasteiger charge is -2.32. The first-order valence-electron chi connectivity index (χ1n) is 9.70. The largest absolute Gasteiger partial charge is 0.317 e. The molecule has 0 N–H and O–H groups in total. The molecule has 0 radical (unpaired) electrons. The number of hydrogen-bond acceptors (Lipinski definition) is 5. The minimum Gasteiger partial charge on any atom is -0.317 e. The van der Waals surface area contributed by atoms with Gasteiger partial charge in [0.15, 0.2) is 0 Å². The molecule has 0 amide bonds. The summed E-state index contributed by atoms with van der Waals surface area (Å²) in [5.74, 6) is 3.95. The van der Waals surface area contributed by atoms with Crippen molar-refractivity contribution in [1.82, 2.24) is 29.5 Å². The zero-order valence-electron chi connectivity index (χ0n) is 15.3. The molecule has 3 fully saturated rings. The van der Waals surface area contributed by atoms with E-state index >= 15 is 0 Å². The van der Waals surface area contributed by atoms with Gasteiger partial charge >= 0.3 is 0 Å². The van der Waals surface area contributed by atoms with Gasteiger partial charge in [0.1, 0.15) is 11.6 Å². The average Bonchev–Trinajstić information content (AvgIpc) is 3.34. The van der Waals surface area contributed by atoms with Crippen LogP contribution < -0.4 is 0 Å². The van der Waals surface area contributed by atoms with E-state index in [-0.39, 0.29) is 0 Å². The third-order valence-electron chi connectivity index (χ3n) is 6.13. The number of nitrogens with zero attached hydrogens (tertiary/aromatic N) is 6. The van der Waals surface area contributed by atoms with Crippen LogP contribution in [0.15, 0.2) is 0 Å². The standard InChI is InChI=1S/C18H32N6/c1-21-9-11-24(12-10-21)14-17-19-20-18(22(17)2)16-5-7-23(8-6-16)13-15-3-4-15/h15-16H,3-14H2,1-2H3. The van der Waals surface area contributed by atoms with Crippen LogP contribution in [0.25, 0.3) is 0 Å². The molecule has 1 aliphatic carbocycles. The average molecular weight is 332 g/mol. The Bertz CT molecular complexity index is 536. The van der Waals surface area contributed by atoms with Gasteiger partial charge in [-0.15, -0.1) is 10.2 Å². The molecule has 0 bridgehead atoms. The number of aromatic nitrogens is 3. The van der Waals surface area contributed by atoms with Crippen LogP contribution in [0, 0.1) is 5.92 Å². The zero-order chi connectivity index (χ0) is 16.5. The Morgan fingerprint density at radius 3 is 2.21 bits per heavy atom. The molecule has 0 atom stereocenters. The van der Waals surface area contributed by atoms with E-state index in [1.54, 1.807) is 0 Å². The van der Waals surface area contributed by atoms with Gasteiger partial charge < -0.3 is 14.4 Å². The van der Waals surface area contributed by atoms with Gasteiger partial charge in [-0.05, 0) is 51.7 Å². The molecule has 0 spiro atoms. The minimum absolute atomic E-state index is 0.596. The Hall–Kier alpha value is -0.980. The second-order valence-electron chi connectivity index (χ2n) is 8.13. The highest BCUT2D eigenvalue weighted by atomic mass is 15.3. The minimum atomic E-state index is 0.596. The highest BCUT2D eigenvalue weighted by Crippen LogP contribution is 2.33. The number of rotatable bonds is 5. The quantitative estimate of drug-likeness (QED) is 0.809. The molecule has 0 aromatic carbocycles. The Labute approximate surface area is 145 Å². The summed E-state index contributed by atoms with van der Waals surface area (Å²) in [5.41, 5.74) is 0. The maximum absolute atomic E-state index is 4.58. The molecule has 1 aromatic rings. The van der Waals surface area contributed by atoms with Crippen LogP contribution in [0.1, 0.15) is 43.3 Å². The van der Waals surface area contributed by atoms with Gasteiger partial charge in [-0.3, -0.25) is 4.90 Å². The molecule has 2 aliphatic heterocycles. The molecule has 2 saturated heterocycles. The van der Waals surface area contributed by atoms with E-state index in [4.69, 9.17) is 0 Å². The van der Waals surface area contributed by atoms with Gasteiger partial charge in [0.05, 0.1) is 6.54 Å². The highest BCUT2D eigenvalue weighted by Gasteiger charge is 2.29. The van der Waals surface area contributed by atoms with Gasteiger partial charge in [-0.1, -0.05) is 0 Å². The van der Waals surface area contributed by atoms with E-state index in [1.807, 2.05) is 0 Å². The predicted molar refractivity (Wildman–Crippen MR) is 94.9 cm³/mol. The predicted octanol–water partition coefficient (Wildman–Crippen LogP) is 1.15. The first-order chi connectivity index (χ1) is 11.7. The lowest BCUT2D eigenvalue weighted by Crippen LogP contribution is -2.44. The van der Waals surface area contributed by atoms with Crippen LogP contribution in [0.2, 0.25) is 0 Å². The van der Waals surface area contributed by atoms with Gasteiger partial charge in [0.2, 0.25) is 0 Å². The smallest absolute Gasteiger partial charge is 0.146 e. The Kier molecular flexibility index (Phi) is 4.88. The third kappa shape index (κ3) is 3.81. The van der Waals surface area contributed by atoms with E-state index in [0.717, 1.165) is 44.5 Å². The molecule has 6 nitrogen and oxygen atoms in total. The fourth-order valence-corrected chi connectivity index (χ4v) is 4.11. The summed E-state index contributed by atoms with van der Waals surface area (Å²) in [6, 6.07) is 0. The summed E-state index contributed by atoms with van der Waals surface area (Å²) in [6.07, 6.45) is 5.40. The monoisotopic (exact) mass is 332 g/mol. The van der Waals surface area contributed by atoms with Crippen molar-refractivity contribution in [1.29, 1.82) is 0 Å². The van der Waals surface area contributed by atoms with E-state index in [0.29, 0.717) is 5.92 Å². The maximum atomic E-state index is 4.58. The molecule has 4 rings (SSSR count). The van der Waals surface area contributed by atoms with Crippen molar-refractivity contribution in [3.63, 3.8) is 0 Å². The van der Waals surface area contributed by atoms with E-state index in [9.17, 15) is 0 Å². The van der Waals surface area contributed by atoms with Crippen molar-refractivity contribution in [3.05, 3.63) is 11.6 Å². The van der Waals surface area contributed by atoms with E-state index < -0.39 is 0 Å². The Morgan fingerprint density at radius 1 is 0.833 bits per heavy atom. The van der Waals surface area contributed by atoms with E-state index in [2.05, 4.69) is 43.6 Å². The lowest BCUT2D eigenvalue weighted by atomic mass is 9.96. The molecule has 1 saturated carbocycles. The molecule has 134 valence electrons. The summed E-state index contributed by atoms with van der Waals surface area (Å²) < 4.78 is 2.28. The third-order valence-corrected chi connectivity index (χ3v) is 6.13. The molecule has 1 aromatic heterocycles. The van der Waals surface area contributed by atoms with Gasteiger partial charge in [-0.25, -0.2) is 0 Å². The van der Waals surface area contributed by atoms with Crippen molar-refractivity contribution in [2.75, 3.05) is 52.9 Å².